The summed E-state index contributed by atoms with van der Waals surface area (Å²) in [5, 5.41) is 8.67. The fraction of sp³-hybridized carbons (Fsp3) is 0.250. The Kier molecular flexibility index (Phi) is 5.49. The topological polar surface area (TPSA) is 61.2 Å². The maximum Gasteiger partial charge on any atom is 0.254 e. The fourth-order valence-corrected chi connectivity index (χ4v) is 2.43. The summed E-state index contributed by atoms with van der Waals surface area (Å²) in [7, 11) is 1.64. The Hall–Kier alpha value is -2.93. The van der Waals surface area contributed by atoms with Crippen molar-refractivity contribution in [2.24, 2.45) is 0 Å². The van der Waals surface area contributed by atoms with Crippen LogP contribution in [-0.2, 0) is 0 Å². The maximum absolute atomic E-state index is 12.8. The average molecular weight is 320 g/mol. The molecule has 0 N–H and O–H groups in total. The molecule has 0 fully saturated rings. The number of rotatable bonds is 5. The van der Waals surface area contributed by atoms with Crippen LogP contribution in [0.4, 0.5) is 0 Å². The van der Waals surface area contributed by atoms with Crippen molar-refractivity contribution >= 4 is 11.7 Å². The van der Waals surface area contributed by atoms with E-state index in [0.717, 1.165) is 11.1 Å². The van der Waals surface area contributed by atoms with Gasteiger partial charge >= 0.3 is 0 Å². The molecule has 24 heavy (non-hydrogen) atoms. The molecule has 0 radical (unpaired) electrons. The van der Waals surface area contributed by atoms with E-state index in [-0.39, 0.29) is 18.1 Å². The van der Waals surface area contributed by atoms with Gasteiger partial charge in [0.2, 0.25) is 0 Å². The molecule has 2 aromatic carbocycles. The number of amides is 1. The normalized spacial score (nSPS) is 10.1. The van der Waals surface area contributed by atoms with Gasteiger partial charge < -0.3 is 4.90 Å². The second kappa shape index (κ2) is 7.56. The Balaban J connectivity index is 2.37. The molecule has 1 amide bonds. The summed E-state index contributed by atoms with van der Waals surface area (Å²) < 4.78 is 0. The lowest BCUT2D eigenvalue weighted by atomic mass is 9.95. The number of carbonyl (C=O) groups is 2. The molecule has 2 aromatic rings. The molecule has 0 aliphatic rings. The van der Waals surface area contributed by atoms with E-state index in [1.165, 1.54) is 4.90 Å². The monoisotopic (exact) mass is 320 g/mol. The van der Waals surface area contributed by atoms with E-state index in [4.69, 9.17) is 5.26 Å². The van der Waals surface area contributed by atoms with E-state index in [0.29, 0.717) is 23.2 Å². The van der Waals surface area contributed by atoms with Crippen molar-refractivity contribution in [3.8, 4) is 6.07 Å². The highest BCUT2D eigenvalue weighted by Gasteiger charge is 2.20. The molecular formula is C20H20N2O2. The van der Waals surface area contributed by atoms with Gasteiger partial charge in [0.15, 0.2) is 5.78 Å². The van der Waals surface area contributed by atoms with Crippen LogP contribution in [0.1, 0.15) is 43.8 Å². The lowest BCUT2D eigenvalue weighted by Crippen LogP contribution is -2.29. The van der Waals surface area contributed by atoms with Crippen LogP contribution in [0.25, 0.3) is 0 Å². The minimum absolute atomic E-state index is 0.171. The van der Waals surface area contributed by atoms with E-state index in [2.05, 4.69) is 0 Å². The van der Waals surface area contributed by atoms with Gasteiger partial charge in [0, 0.05) is 24.7 Å². The lowest BCUT2D eigenvalue weighted by Gasteiger charge is -2.17. The van der Waals surface area contributed by atoms with E-state index in [9.17, 15) is 9.59 Å². The summed E-state index contributed by atoms with van der Waals surface area (Å²) in [5.74, 6) is -0.422. The van der Waals surface area contributed by atoms with Crippen LogP contribution in [0.15, 0.2) is 42.5 Å². The van der Waals surface area contributed by atoms with Gasteiger partial charge in [0.1, 0.15) is 0 Å². The zero-order chi connectivity index (χ0) is 17.7. The highest BCUT2D eigenvalue weighted by atomic mass is 16.2. The first-order valence-electron chi connectivity index (χ1n) is 7.79. The van der Waals surface area contributed by atoms with Crippen LogP contribution in [0.5, 0.6) is 0 Å². The molecule has 0 saturated heterocycles. The second-order valence-corrected chi connectivity index (χ2v) is 5.81. The predicted octanol–water partition coefficient (Wildman–Crippen LogP) is 3.52. The third kappa shape index (κ3) is 3.69. The molecule has 0 aromatic heterocycles. The lowest BCUT2D eigenvalue weighted by molar-refractivity contribution is 0.0793. The summed E-state index contributed by atoms with van der Waals surface area (Å²) in [6.45, 7) is 4.28. The number of nitriles is 1. The van der Waals surface area contributed by atoms with Crippen molar-refractivity contribution < 1.29 is 9.59 Å². The van der Waals surface area contributed by atoms with Gasteiger partial charge in [-0.1, -0.05) is 30.3 Å². The van der Waals surface area contributed by atoms with E-state index in [1.807, 2.05) is 32.0 Å². The highest BCUT2D eigenvalue weighted by molar-refractivity contribution is 6.15. The summed E-state index contributed by atoms with van der Waals surface area (Å²) in [6, 6.07) is 14.4. The van der Waals surface area contributed by atoms with Crippen LogP contribution >= 0.6 is 0 Å². The van der Waals surface area contributed by atoms with Gasteiger partial charge in [-0.3, -0.25) is 9.59 Å². The molecule has 0 saturated carbocycles. The minimum atomic E-state index is -0.252. The smallest absolute Gasteiger partial charge is 0.254 e. The zero-order valence-corrected chi connectivity index (χ0v) is 14.2. The summed E-state index contributed by atoms with van der Waals surface area (Å²) in [5.41, 5.74) is 3.47. The van der Waals surface area contributed by atoms with Gasteiger partial charge in [-0.2, -0.15) is 5.26 Å². The molecule has 0 aliphatic heterocycles. The first-order valence-corrected chi connectivity index (χ1v) is 7.79. The maximum atomic E-state index is 12.8. The quantitative estimate of drug-likeness (QED) is 0.792. The van der Waals surface area contributed by atoms with Crippen molar-refractivity contribution in [3.05, 3.63) is 70.3 Å². The number of ketones is 1. The van der Waals surface area contributed by atoms with Gasteiger partial charge in [-0.05, 0) is 37.1 Å². The molecule has 2 rings (SSSR count). The van der Waals surface area contributed by atoms with E-state index < -0.39 is 0 Å². The van der Waals surface area contributed by atoms with Crippen LogP contribution in [0.3, 0.4) is 0 Å². The standard InChI is InChI=1S/C20H20N2O2/c1-14-9-10-16(13-15(14)2)19(23)17-7-4-5-8-18(17)20(24)22(3)12-6-11-21/h4-5,7-10,13H,6,12H2,1-3H3. The van der Waals surface area contributed by atoms with Crippen LogP contribution in [0.2, 0.25) is 0 Å². The second-order valence-electron chi connectivity index (χ2n) is 5.81. The summed E-state index contributed by atoms with van der Waals surface area (Å²) in [6.07, 6.45) is 0.259. The van der Waals surface area contributed by atoms with Crippen molar-refractivity contribution in [2.75, 3.05) is 13.6 Å². The van der Waals surface area contributed by atoms with Crippen LogP contribution in [-0.4, -0.2) is 30.2 Å². The Morgan fingerprint density at radius 3 is 2.33 bits per heavy atom. The van der Waals surface area contributed by atoms with Crippen molar-refractivity contribution in [1.29, 1.82) is 5.26 Å². The minimum Gasteiger partial charge on any atom is -0.341 e. The number of hydrogen-bond donors (Lipinski definition) is 0. The number of benzene rings is 2. The Morgan fingerprint density at radius 1 is 1.04 bits per heavy atom. The Labute approximate surface area is 142 Å². The van der Waals surface area contributed by atoms with Gasteiger partial charge in [0.25, 0.3) is 5.91 Å². The summed E-state index contributed by atoms with van der Waals surface area (Å²) >= 11 is 0. The molecule has 0 atom stereocenters. The SMILES string of the molecule is Cc1ccc(C(=O)c2ccccc2C(=O)N(C)CCC#N)cc1C. The molecular weight excluding hydrogens is 300 g/mol. The Morgan fingerprint density at radius 2 is 1.71 bits per heavy atom. The number of nitrogens with zero attached hydrogens (tertiary/aromatic N) is 2. The van der Waals surface area contributed by atoms with Crippen molar-refractivity contribution in [1.82, 2.24) is 4.90 Å². The molecule has 4 nitrogen and oxygen atoms in total. The molecule has 0 unspecified atom stereocenters. The fourth-order valence-electron chi connectivity index (χ4n) is 2.43. The third-order valence-electron chi connectivity index (χ3n) is 4.08. The van der Waals surface area contributed by atoms with Crippen molar-refractivity contribution in [3.63, 3.8) is 0 Å². The van der Waals surface area contributed by atoms with Crippen LogP contribution in [0, 0.1) is 25.2 Å². The first kappa shape index (κ1) is 17.4. The molecule has 122 valence electrons. The predicted molar refractivity (Wildman–Crippen MR) is 93.0 cm³/mol. The molecule has 0 aliphatic carbocycles. The third-order valence-corrected chi connectivity index (χ3v) is 4.08. The molecule has 0 heterocycles. The average Bonchev–Trinajstić information content (AvgIpc) is 2.60. The van der Waals surface area contributed by atoms with Gasteiger partial charge in [0.05, 0.1) is 18.1 Å². The number of carbonyl (C=O) groups excluding carboxylic acids is 2. The zero-order valence-electron chi connectivity index (χ0n) is 14.2. The molecule has 0 spiro atoms. The van der Waals surface area contributed by atoms with E-state index in [1.54, 1.807) is 37.4 Å². The largest absolute Gasteiger partial charge is 0.341 e. The summed E-state index contributed by atoms with van der Waals surface area (Å²) in [4.78, 5) is 26.9. The van der Waals surface area contributed by atoms with E-state index >= 15 is 0 Å². The highest BCUT2D eigenvalue weighted by Crippen LogP contribution is 2.18. The Bertz CT molecular complexity index is 819. The molecule has 0 bridgehead atoms. The van der Waals surface area contributed by atoms with Gasteiger partial charge in [-0.15, -0.1) is 0 Å². The molecule has 4 heteroatoms. The first-order chi connectivity index (χ1) is 11.5. The number of hydrogen-bond acceptors (Lipinski definition) is 3. The van der Waals surface area contributed by atoms with Crippen molar-refractivity contribution in [2.45, 2.75) is 20.3 Å². The van der Waals surface area contributed by atoms with Gasteiger partial charge in [-0.25, -0.2) is 0 Å². The number of aryl methyl sites for hydroxylation is 2. The van der Waals surface area contributed by atoms with Crippen LogP contribution < -0.4 is 0 Å².